The fraction of sp³-hybridized carbons (Fsp3) is 0.579. The van der Waals surface area contributed by atoms with Crippen LogP contribution in [0, 0.1) is 17.7 Å². The summed E-state index contributed by atoms with van der Waals surface area (Å²) in [7, 11) is 0. The number of aromatic amines is 1. The van der Waals surface area contributed by atoms with Gasteiger partial charge in [0.2, 0.25) is 0 Å². The van der Waals surface area contributed by atoms with Crippen LogP contribution < -0.4 is 10.2 Å². The molecule has 2 aromatic rings. The number of aromatic nitrogens is 4. The Balaban J connectivity index is 1.88. The van der Waals surface area contributed by atoms with Crippen LogP contribution in [0.2, 0.25) is 0 Å². The Kier molecular flexibility index (Phi) is 6.56. The molecule has 8 nitrogen and oxygen atoms in total. The van der Waals surface area contributed by atoms with Crippen LogP contribution in [0.3, 0.4) is 0 Å². The molecule has 0 unspecified atom stereocenters. The number of carboxylic acid groups (broad SMARTS) is 1. The summed E-state index contributed by atoms with van der Waals surface area (Å²) < 4.78 is 14.9. The lowest BCUT2D eigenvalue weighted by Gasteiger charge is -2.30. The van der Waals surface area contributed by atoms with Crippen LogP contribution in [-0.4, -0.2) is 57.9 Å². The number of hydrogen-bond acceptors (Lipinski definition) is 6. The van der Waals surface area contributed by atoms with E-state index < -0.39 is 17.8 Å². The second-order valence-corrected chi connectivity index (χ2v) is 7.67. The van der Waals surface area contributed by atoms with Crippen molar-refractivity contribution in [3.8, 4) is 0 Å². The number of aliphatic carboxylic acids is 1. The third-order valence-electron chi connectivity index (χ3n) is 5.13. The van der Waals surface area contributed by atoms with Gasteiger partial charge in [0.15, 0.2) is 5.82 Å². The van der Waals surface area contributed by atoms with Crippen molar-refractivity contribution in [2.24, 2.45) is 11.8 Å². The van der Waals surface area contributed by atoms with Gasteiger partial charge in [-0.05, 0) is 36.5 Å². The Morgan fingerprint density at radius 1 is 1.29 bits per heavy atom. The van der Waals surface area contributed by atoms with E-state index in [2.05, 4.69) is 25.9 Å². The van der Waals surface area contributed by atoms with Crippen molar-refractivity contribution in [1.29, 1.82) is 0 Å². The van der Waals surface area contributed by atoms with E-state index in [0.717, 1.165) is 26.2 Å². The largest absolute Gasteiger partial charge is 0.481 e. The maximum atomic E-state index is 14.9. The predicted octanol–water partition coefficient (Wildman–Crippen LogP) is 2.02. The second kappa shape index (κ2) is 9.09. The fourth-order valence-electron chi connectivity index (χ4n) is 3.76. The van der Waals surface area contributed by atoms with Crippen molar-refractivity contribution in [1.82, 2.24) is 25.9 Å². The van der Waals surface area contributed by atoms with Crippen molar-refractivity contribution in [3.63, 3.8) is 0 Å². The van der Waals surface area contributed by atoms with Crippen LogP contribution in [0.4, 0.5) is 10.1 Å². The van der Waals surface area contributed by atoms with Crippen molar-refractivity contribution in [2.45, 2.75) is 32.6 Å². The topological polar surface area (TPSA) is 107 Å². The van der Waals surface area contributed by atoms with Crippen LogP contribution in [0.5, 0.6) is 0 Å². The van der Waals surface area contributed by atoms with Gasteiger partial charge < -0.3 is 15.3 Å². The van der Waals surface area contributed by atoms with Gasteiger partial charge in [-0.1, -0.05) is 25.1 Å². The minimum Gasteiger partial charge on any atom is -0.481 e. The zero-order chi connectivity index (χ0) is 20.1. The number of nitrogens with zero attached hydrogens (tertiary/aromatic N) is 4. The monoisotopic (exact) mass is 390 g/mol. The molecule has 0 aliphatic carbocycles. The molecule has 0 amide bonds. The number of hydrogen-bond donors (Lipinski definition) is 3. The highest BCUT2D eigenvalue weighted by atomic mass is 19.1. The van der Waals surface area contributed by atoms with E-state index in [1.807, 2.05) is 24.8 Å². The molecule has 0 radical (unpaired) electrons. The van der Waals surface area contributed by atoms with E-state index in [1.165, 1.54) is 6.07 Å². The third-order valence-corrected chi connectivity index (χ3v) is 5.13. The van der Waals surface area contributed by atoms with E-state index in [4.69, 9.17) is 0 Å². The molecule has 152 valence electrons. The number of H-pyrrole nitrogens is 1. The first-order chi connectivity index (χ1) is 13.5. The quantitative estimate of drug-likeness (QED) is 0.633. The summed E-state index contributed by atoms with van der Waals surface area (Å²) in [6, 6.07) is 5.09. The zero-order valence-corrected chi connectivity index (χ0v) is 16.2. The molecule has 0 bridgehead atoms. The number of carboxylic acids is 1. The molecule has 3 N–H and O–H groups in total. The van der Waals surface area contributed by atoms with Crippen molar-refractivity contribution in [2.75, 3.05) is 31.1 Å². The van der Waals surface area contributed by atoms with Gasteiger partial charge in [0.25, 0.3) is 0 Å². The highest BCUT2D eigenvalue weighted by molar-refractivity contribution is 5.70. The third kappa shape index (κ3) is 4.83. The van der Waals surface area contributed by atoms with Crippen LogP contribution in [-0.2, 0) is 4.79 Å². The Morgan fingerprint density at radius 2 is 2.04 bits per heavy atom. The Hall–Kier alpha value is -2.55. The van der Waals surface area contributed by atoms with E-state index >= 15 is 0 Å². The first-order valence-corrected chi connectivity index (χ1v) is 9.67. The van der Waals surface area contributed by atoms with Crippen LogP contribution in [0.15, 0.2) is 18.2 Å². The molecular formula is C19H27FN6O2. The van der Waals surface area contributed by atoms with E-state index in [-0.39, 0.29) is 11.7 Å². The Labute approximate surface area is 163 Å². The molecule has 1 fully saturated rings. The lowest BCUT2D eigenvalue weighted by atomic mass is 9.84. The van der Waals surface area contributed by atoms with Gasteiger partial charge >= 0.3 is 5.97 Å². The van der Waals surface area contributed by atoms with E-state index in [1.54, 1.807) is 6.07 Å². The highest BCUT2D eigenvalue weighted by Gasteiger charge is 2.29. The summed E-state index contributed by atoms with van der Waals surface area (Å²) in [6.45, 7) is 7.12. The standard InChI is InChI=1S/C19H27FN6O2/c1-12(2)9-14(19(27)28)10-15(18-22-24-25-23-18)13-3-4-17(16(20)11-13)26-7-5-21-6-8-26/h3-4,11-12,14-15,21H,5-10H2,1-2H3,(H,27,28)(H,22,23,24,25)/t14-,15-/m0/s1. The van der Waals surface area contributed by atoms with Gasteiger partial charge in [-0.3, -0.25) is 4.79 Å². The minimum atomic E-state index is -0.861. The van der Waals surface area contributed by atoms with Gasteiger partial charge in [0.1, 0.15) is 5.82 Å². The number of tetrazole rings is 1. The smallest absolute Gasteiger partial charge is 0.306 e. The second-order valence-electron chi connectivity index (χ2n) is 7.67. The summed E-state index contributed by atoms with van der Waals surface area (Å²) in [5.74, 6) is -1.57. The normalized spacial score (nSPS) is 16.9. The summed E-state index contributed by atoms with van der Waals surface area (Å²) in [4.78, 5) is 13.8. The fourth-order valence-corrected chi connectivity index (χ4v) is 3.76. The molecule has 3 rings (SSSR count). The lowest BCUT2D eigenvalue weighted by molar-refractivity contribution is -0.142. The van der Waals surface area contributed by atoms with E-state index in [0.29, 0.717) is 29.9 Å². The first kappa shape index (κ1) is 20.2. The molecular weight excluding hydrogens is 363 g/mol. The van der Waals surface area contributed by atoms with Gasteiger partial charge in [-0.2, -0.15) is 5.21 Å². The molecule has 2 heterocycles. The summed E-state index contributed by atoms with van der Waals surface area (Å²) in [5.41, 5.74) is 1.22. The number of anilines is 1. The molecule has 1 aliphatic heterocycles. The molecule has 1 aliphatic rings. The number of nitrogens with one attached hydrogen (secondary N) is 2. The maximum Gasteiger partial charge on any atom is 0.306 e. The van der Waals surface area contributed by atoms with Crippen molar-refractivity contribution >= 4 is 11.7 Å². The molecule has 0 spiro atoms. The molecule has 1 saturated heterocycles. The number of piperazine rings is 1. The Bertz CT molecular complexity index is 777. The van der Waals surface area contributed by atoms with Crippen LogP contribution in [0.1, 0.15) is 44.0 Å². The number of benzene rings is 1. The molecule has 1 aromatic carbocycles. The van der Waals surface area contributed by atoms with Gasteiger partial charge in [0, 0.05) is 32.1 Å². The van der Waals surface area contributed by atoms with Crippen LogP contribution in [0.25, 0.3) is 0 Å². The van der Waals surface area contributed by atoms with Crippen molar-refractivity contribution < 1.29 is 14.3 Å². The van der Waals surface area contributed by atoms with Crippen LogP contribution >= 0.6 is 0 Å². The number of halogens is 1. The summed E-state index contributed by atoms with van der Waals surface area (Å²) in [6.07, 6.45) is 0.824. The molecule has 0 saturated carbocycles. The molecule has 9 heteroatoms. The van der Waals surface area contributed by atoms with Gasteiger partial charge in [-0.15, -0.1) is 10.2 Å². The Morgan fingerprint density at radius 3 is 2.61 bits per heavy atom. The van der Waals surface area contributed by atoms with Gasteiger partial charge in [-0.25, -0.2) is 4.39 Å². The molecule has 1 aromatic heterocycles. The lowest BCUT2D eigenvalue weighted by Crippen LogP contribution is -2.43. The summed E-state index contributed by atoms with van der Waals surface area (Å²) in [5, 5.41) is 27.0. The average molecular weight is 390 g/mol. The average Bonchev–Trinajstić information content (AvgIpc) is 3.19. The van der Waals surface area contributed by atoms with Crippen molar-refractivity contribution in [3.05, 3.63) is 35.4 Å². The maximum absolute atomic E-state index is 14.9. The molecule has 2 atom stereocenters. The molecule has 28 heavy (non-hydrogen) atoms. The number of rotatable bonds is 8. The highest BCUT2D eigenvalue weighted by Crippen LogP contribution is 2.33. The van der Waals surface area contributed by atoms with Gasteiger partial charge in [0.05, 0.1) is 11.6 Å². The van der Waals surface area contributed by atoms with E-state index in [9.17, 15) is 14.3 Å². The zero-order valence-electron chi connectivity index (χ0n) is 16.2. The number of carbonyl (C=O) groups is 1. The summed E-state index contributed by atoms with van der Waals surface area (Å²) >= 11 is 0. The first-order valence-electron chi connectivity index (χ1n) is 9.67. The minimum absolute atomic E-state index is 0.235. The predicted molar refractivity (Wildman–Crippen MR) is 103 cm³/mol. The SMILES string of the molecule is CC(C)C[C@@H](C[C@@H](c1ccc(N2CCNCC2)c(F)c1)c1nn[nH]n1)C(=O)O.